The predicted molar refractivity (Wildman–Crippen MR) is 70.7 cm³/mol. The fourth-order valence-corrected chi connectivity index (χ4v) is 3.26. The van der Waals surface area contributed by atoms with Crippen molar-refractivity contribution in [2.24, 2.45) is 5.92 Å². The smallest absolute Gasteiger partial charge is 0.0180 e. The molecule has 1 heterocycles. The zero-order valence-electron chi connectivity index (χ0n) is 10.5. The van der Waals surface area contributed by atoms with Crippen LogP contribution in [0.15, 0.2) is 0 Å². The minimum Gasteiger partial charge on any atom is -0.316 e. The summed E-state index contributed by atoms with van der Waals surface area (Å²) in [6.45, 7) is 6.02. The number of nitrogens with zero attached hydrogens (tertiary/aromatic N) is 1. The lowest BCUT2D eigenvalue weighted by molar-refractivity contribution is 0.197. The van der Waals surface area contributed by atoms with Gasteiger partial charge in [-0.1, -0.05) is 6.92 Å². The van der Waals surface area contributed by atoms with Gasteiger partial charge in [-0.05, 0) is 51.6 Å². The molecule has 2 unspecified atom stereocenters. The van der Waals surface area contributed by atoms with Crippen LogP contribution in [-0.2, 0) is 0 Å². The van der Waals surface area contributed by atoms with Crippen LogP contribution in [0.2, 0.25) is 0 Å². The minimum absolute atomic E-state index is 0.766. The molecule has 0 aromatic carbocycles. The Kier molecular flexibility index (Phi) is 6.69. The Morgan fingerprint density at radius 3 is 2.87 bits per heavy atom. The highest BCUT2D eigenvalue weighted by Gasteiger charge is 2.18. The van der Waals surface area contributed by atoms with Crippen LogP contribution >= 0.6 is 11.8 Å². The van der Waals surface area contributed by atoms with Crippen LogP contribution in [0.5, 0.6) is 0 Å². The van der Waals surface area contributed by atoms with E-state index < -0.39 is 0 Å². The molecule has 2 atom stereocenters. The highest BCUT2D eigenvalue weighted by molar-refractivity contribution is 7.98. The van der Waals surface area contributed by atoms with Crippen LogP contribution in [0.1, 0.15) is 26.2 Å². The molecule has 1 saturated heterocycles. The summed E-state index contributed by atoms with van der Waals surface area (Å²) in [6.07, 6.45) is 6.25. The predicted octanol–water partition coefficient (Wildman–Crippen LogP) is 2.06. The zero-order valence-corrected chi connectivity index (χ0v) is 11.3. The molecule has 1 fully saturated rings. The molecule has 1 rings (SSSR count). The molecule has 3 heteroatoms. The summed E-state index contributed by atoms with van der Waals surface area (Å²) in [4.78, 5) is 2.56. The van der Waals surface area contributed by atoms with Gasteiger partial charge in [-0.25, -0.2) is 0 Å². The fraction of sp³-hybridized carbons (Fsp3) is 1.00. The second kappa shape index (κ2) is 7.53. The molecule has 2 nitrogen and oxygen atoms in total. The van der Waals surface area contributed by atoms with Gasteiger partial charge in [-0.2, -0.15) is 11.8 Å². The molecule has 0 radical (unpaired) electrons. The molecular formula is C12H26N2S. The molecule has 90 valence electrons. The van der Waals surface area contributed by atoms with Gasteiger partial charge in [0, 0.05) is 18.3 Å². The maximum absolute atomic E-state index is 3.50. The van der Waals surface area contributed by atoms with Gasteiger partial charge in [0.1, 0.15) is 0 Å². The van der Waals surface area contributed by atoms with E-state index in [0.717, 1.165) is 12.0 Å². The third-order valence-corrected chi connectivity index (χ3v) is 4.12. The van der Waals surface area contributed by atoms with Crippen LogP contribution in [0.4, 0.5) is 0 Å². The summed E-state index contributed by atoms with van der Waals surface area (Å²) in [6, 6.07) is 0.766. The van der Waals surface area contributed by atoms with Gasteiger partial charge in [0.15, 0.2) is 0 Å². The van der Waals surface area contributed by atoms with Crippen molar-refractivity contribution >= 4 is 11.8 Å². The van der Waals surface area contributed by atoms with E-state index in [9.17, 15) is 0 Å². The van der Waals surface area contributed by atoms with Crippen molar-refractivity contribution in [2.45, 2.75) is 32.2 Å². The van der Waals surface area contributed by atoms with E-state index in [1.165, 1.54) is 44.6 Å². The topological polar surface area (TPSA) is 15.3 Å². The van der Waals surface area contributed by atoms with E-state index in [2.05, 4.69) is 30.4 Å². The SMILES string of the molecule is CCC(CSC)N(C)CC1CCCNC1. The number of hydrogen-bond acceptors (Lipinski definition) is 3. The monoisotopic (exact) mass is 230 g/mol. The fourth-order valence-electron chi connectivity index (χ4n) is 2.39. The Labute approximate surface area is 99.2 Å². The molecule has 0 spiro atoms. The van der Waals surface area contributed by atoms with Gasteiger partial charge in [0.05, 0.1) is 0 Å². The molecule has 0 aliphatic carbocycles. The summed E-state index contributed by atoms with van der Waals surface area (Å²) in [5.41, 5.74) is 0. The van der Waals surface area contributed by atoms with E-state index in [-0.39, 0.29) is 0 Å². The second-order valence-corrected chi connectivity index (χ2v) is 5.58. The lowest BCUT2D eigenvalue weighted by atomic mass is 9.98. The Hall–Kier alpha value is 0.270. The van der Waals surface area contributed by atoms with Crippen molar-refractivity contribution in [1.82, 2.24) is 10.2 Å². The first-order valence-corrected chi connectivity index (χ1v) is 7.57. The van der Waals surface area contributed by atoms with Crippen LogP contribution in [0.3, 0.4) is 0 Å². The van der Waals surface area contributed by atoms with Crippen LogP contribution < -0.4 is 5.32 Å². The molecular weight excluding hydrogens is 204 g/mol. The molecule has 0 saturated carbocycles. The highest BCUT2D eigenvalue weighted by atomic mass is 32.2. The van der Waals surface area contributed by atoms with E-state index >= 15 is 0 Å². The third kappa shape index (κ3) is 4.75. The van der Waals surface area contributed by atoms with Gasteiger partial charge < -0.3 is 10.2 Å². The Balaban J connectivity index is 2.27. The molecule has 0 bridgehead atoms. The number of piperidine rings is 1. The van der Waals surface area contributed by atoms with Gasteiger partial charge in [0.25, 0.3) is 0 Å². The average molecular weight is 230 g/mol. The van der Waals surface area contributed by atoms with E-state index in [1.54, 1.807) is 0 Å². The van der Waals surface area contributed by atoms with Crippen molar-refractivity contribution < 1.29 is 0 Å². The Bertz CT molecular complexity index is 158. The molecule has 1 aliphatic heterocycles. The van der Waals surface area contributed by atoms with Crippen molar-refractivity contribution in [2.75, 3.05) is 38.7 Å². The van der Waals surface area contributed by atoms with Crippen LogP contribution in [0.25, 0.3) is 0 Å². The molecule has 1 N–H and O–H groups in total. The number of thioether (sulfide) groups is 1. The summed E-state index contributed by atoms with van der Waals surface area (Å²) in [7, 11) is 2.29. The first-order valence-electron chi connectivity index (χ1n) is 6.17. The maximum atomic E-state index is 3.50. The summed E-state index contributed by atoms with van der Waals surface area (Å²) < 4.78 is 0. The minimum atomic E-state index is 0.766. The second-order valence-electron chi connectivity index (χ2n) is 4.67. The summed E-state index contributed by atoms with van der Waals surface area (Å²) in [5.74, 6) is 2.15. The third-order valence-electron chi connectivity index (χ3n) is 3.40. The van der Waals surface area contributed by atoms with Gasteiger partial charge in [0.2, 0.25) is 0 Å². The molecule has 0 aromatic heterocycles. The quantitative estimate of drug-likeness (QED) is 0.752. The highest BCUT2D eigenvalue weighted by Crippen LogP contribution is 2.15. The molecule has 1 aliphatic rings. The van der Waals surface area contributed by atoms with Crippen molar-refractivity contribution in [1.29, 1.82) is 0 Å². The van der Waals surface area contributed by atoms with Gasteiger partial charge in [-0.3, -0.25) is 0 Å². The Morgan fingerprint density at radius 1 is 1.53 bits per heavy atom. The number of rotatable bonds is 6. The Morgan fingerprint density at radius 2 is 2.33 bits per heavy atom. The molecule has 0 amide bonds. The van der Waals surface area contributed by atoms with Gasteiger partial charge in [-0.15, -0.1) is 0 Å². The molecule has 15 heavy (non-hydrogen) atoms. The van der Waals surface area contributed by atoms with E-state index in [4.69, 9.17) is 0 Å². The van der Waals surface area contributed by atoms with E-state index in [0.29, 0.717) is 0 Å². The first kappa shape index (κ1) is 13.3. The van der Waals surface area contributed by atoms with Crippen molar-refractivity contribution in [3.63, 3.8) is 0 Å². The number of nitrogens with one attached hydrogen (secondary N) is 1. The normalized spacial score (nSPS) is 24.4. The average Bonchev–Trinajstić information content (AvgIpc) is 2.27. The molecule has 0 aromatic rings. The van der Waals surface area contributed by atoms with Crippen molar-refractivity contribution in [3.8, 4) is 0 Å². The number of hydrogen-bond donors (Lipinski definition) is 1. The maximum Gasteiger partial charge on any atom is 0.0180 e. The van der Waals surface area contributed by atoms with Crippen LogP contribution in [-0.4, -0.2) is 49.6 Å². The standard InChI is InChI=1S/C12H26N2S/c1-4-12(10-15-3)14(2)9-11-6-5-7-13-8-11/h11-13H,4-10H2,1-3H3. The van der Waals surface area contributed by atoms with Crippen LogP contribution in [0, 0.1) is 5.92 Å². The van der Waals surface area contributed by atoms with Crippen molar-refractivity contribution in [3.05, 3.63) is 0 Å². The largest absolute Gasteiger partial charge is 0.316 e. The first-order chi connectivity index (χ1) is 7.27. The van der Waals surface area contributed by atoms with E-state index in [1.807, 2.05) is 11.8 Å². The summed E-state index contributed by atoms with van der Waals surface area (Å²) >= 11 is 1.97. The lowest BCUT2D eigenvalue weighted by Crippen LogP contribution is -2.41. The zero-order chi connectivity index (χ0) is 11.1. The lowest BCUT2D eigenvalue weighted by Gasteiger charge is -2.32. The van der Waals surface area contributed by atoms with Gasteiger partial charge >= 0.3 is 0 Å². The summed E-state index contributed by atoms with van der Waals surface area (Å²) in [5, 5.41) is 3.50.